The molecule has 0 spiro atoms. The number of nitrogens with one attached hydrogen (secondary N) is 2. The van der Waals surface area contributed by atoms with E-state index in [0.717, 1.165) is 68.7 Å². The minimum absolute atomic E-state index is 0. The van der Waals surface area contributed by atoms with Crippen molar-refractivity contribution in [2.75, 3.05) is 72.2 Å². The van der Waals surface area contributed by atoms with Gasteiger partial charge >= 0.3 is 37.4 Å². The predicted octanol–water partition coefficient (Wildman–Crippen LogP) is -6.91. The number of carbonyl (C=O) groups is 3. The number of aliphatic carboxylic acids is 1. The number of benzene rings is 2. The fourth-order valence-electron chi connectivity index (χ4n) is 4.51. The van der Waals surface area contributed by atoms with Crippen LogP contribution in [0.4, 0.5) is 9.59 Å². The molecule has 0 atom stereocenters. The van der Waals surface area contributed by atoms with E-state index < -0.39 is 48.8 Å². The molecule has 0 fully saturated rings. The summed E-state index contributed by atoms with van der Waals surface area (Å²) in [5.41, 5.74) is 14.1. The molecule has 72 heavy (non-hydrogen) atoms. The van der Waals surface area contributed by atoms with Crippen molar-refractivity contribution < 1.29 is 139 Å². The van der Waals surface area contributed by atoms with Gasteiger partial charge in [-0.3, -0.25) is 9.80 Å². The third-order valence-electron chi connectivity index (χ3n) is 7.23. The van der Waals surface area contributed by atoms with Gasteiger partial charge in [0.05, 0.1) is 0 Å². The van der Waals surface area contributed by atoms with Gasteiger partial charge < -0.3 is 42.2 Å². The van der Waals surface area contributed by atoms with Crippen LogP contribution in [0, 0.1) is 30.7 Å². The first-order chi connectivity index (χ1) is 32.7. The maximum atomic E-state index is 10.3. The molecule has 2 aromatic carbocycles. The first-order valence-electron chi connectivity index (χ1n) is 20.6. The summed E-state index contributed by atoms with van der Waals surface area (Å²) in [4.78, 5) is 34.6. The molecule has 1 heterocycles. The number of rotatable bonds is 27. The van der Waals surface area contributed by atoms with Crippen LogP contribution in [0.25, 0.3) is 0 Å². The summed E-state index contributed by atoms with van der Waals surface area (Å²) in [7, 11) is -15.1. The molecule has 6 N–H and O–H groups in total. The largest absolute Gasteiger partial charge is 2.00 e. The molecule has 0 bridgehead atoms. The van der Waals surface area contributed by atoms with Gasteiger partial charge in [-0.05, 0) is 41.1 Å². The molecule has 0 saturated heterocycles. The van der Waals surface area contributed by atoms with Crippen molar-refractivity contribution in [3.63, 3.8) is 0 Å². The molecule has 0 aliphatic rings. The average molecular weight is 1250 g/mol. The van der Waals surface area contributed by atoms with E-state index in [-0.39, 0.29) is 33.0 Å². The number of nitrogens with two attached hydrogens (primary N) is 2. The standard InChI is InChI=1S/C21H41N4S4.2C8H10N2O.C2H4O2.Cl2O8.ClHO4.2Ni/c1-5-26-13-9-24(10-14-27-6-2)18-20-17-21(23-22-20)19-25(11-15-28-7-3)12-16-29-8-4;2*9-8(11)10-6-7-4-2-1-3-5-7;1-2(3)4;3-1(4,5)9-10-2(6,7)8;2-1(3,4)5;;/h17H,5-16,18-19H2,1-4H3;2*1-5H,6H2,(H3,9,10,11);1H3,(H,3,4);;(H,2,3,4,5);;/q-1;;;;;;;+2/p-2. The molecule has 4 amide bonds. The second-order valence-electron chi connectivity index (χ2n) is 12.8. The summed E-state index contributed by atoms with van der Waals surface area (Å²) in [5.74, 6) is 8.50. The van der Waals surface area contributed by atoms with E-state index in [1.54, 1.807) is 0 Å². The van der Waals surface area contributed by atoms with Crippen molar-refractivity contribution in [3.05, 3.63) is 89.2 Å². The summed E-state index contributed by atoms with van der Waals surface area (Å²) in [5, 5.41) is 22.9. The number of thioether (sulfide) groups is 4. The summed E-state index contributed by atoms with van der Waals surface area (Å²) in [6.07, 6.45) is 0. The van der Waals surface area contributed by atoms with Crippen LogP contribution in [0.3, 0.4) is 0 Å². The van der Waals surface area contributed by atoms with E-state index in [4.69, 9.17) is 40.0 Å². The van der Waals surface area contributed by atoms with Crippen molar-refractivity contribution in [3.8, 4) is 0 Å². The predicted molar refractivity (Wildman–Crippen MR) is 239 cm³/mol. The Balaban J connectivity index is -0.000000287. The van der Waals surface area contributed by atoms with Crippen LogP contribution in [-0.4, -0.2) is 105 Å². The zero-order chi connectivity index (χ0) is 53.9. The molecule has 3 rings (SSSR count). The van der Waals surface area contributed by atoms with E-state index in [0.29, 0.717) is 13.1 Å². The van der Waals surface area contributed by atoms with Gasteiger partial charge in [-0.1, -0.05) is 94.4 Å². The Hall–Kier alpha value is -1.64. The number of aromatic nitrogens is 2. The van der Waals surface area contributed by atoms with Crippen molar-refractivity contribution >= 4 is 65.1 Å². The number of halogens is 3. The smallest absolute Gasteiger partial charge is 0.578 e. The average Bonchev–Trinajstić information content (AvgIpc) is 3.71. The van der Waals surface area contributed by atoms with Crippen LogP contribution in [0.2, 0.25) is 0 Å². The number of nitrogens with zero attached hydrogens (tertiary/aromatic N) is 4. The van der Waals surface area contributed by atoms with Crippen LogP contribution in [0.15, 0.2) is 66.7 Å². The molecule has 1 aromatic heterocycles. The Morgan fingerprint density at radius 3 is 1.17 bits per heavy atom. The van der Waals surface area contributed by atoms with Gasteiger partial charge in [0.1, 0.15) is 20.5 Å². The van der Waals surface area contributed by atoms with Crippen molar-refractivity contribution in [2.45, 2.75) is 60.8 Å². The number of carboxylic acid groups (broad SMARTS) is 1. The van der Waals surface area contributed by atoms with E-state index >= 15 is 0 Å². The van der Waals surface area contributed by atoms with E-state index in [1.807, 2.05) is 108 Å². The number of amides is 4. The van der Waals surface area contributed by atoms with E-state index in [1.165, 1.54) is 46.0 Å². The zero-order valence-corrected chi connectivity index (χ0v) is 47.5. The first kappa shape index (κ1) is 79.2. The Morgan fingerprint density at radius 1 is 0.611 bits per heavy atom. The minimum atomic E-state index is -5.06. The Morgan fingerprint density at radius 2 is 0.903 bits per heavy atom. The van der Waals surface area contributed by atoms with Gasteiger partial charge in [0.15, 0.2) is 0 Å². The fraction of sp³-hybridized carbons (Fsp3) is 0.538. The number of primary amides is 2. The van der Waals surface area contributed by atoms with Crippen LogP contribution in [-0.2, 0) is 72.8 Å². The maximum absolute atomic E-state index is 10.3. The third kappa shape index (κ3) is 66.4. The maximum Gasteiger partial charge on any atom is 2.00 e. The number of urea groups is 2. The first-order valence-corrected chi connectivity index (χ1v) is 28.9. The monoisotopic (exact) mass is 1250 g/mol. The molecule has 0 aliphatic heterocycles. The quantitative estimate of drug-likeness (QED) is 0.0238. The van der Waals surface area contributed by atoms with Gasteiger partial charge in [0, 0.05) is 104 Å². The van der Waals surface area contributed by atoms with Gasteiger partial charge in [-0.15, -0.1) is 15.9 Å². The number of hydrogen-bond acceptors (Lipinski definition) is 23. The zero-order valence-electron chi connectivity index (χ0n) is 40.0. The molecule has 0 saturated carbocycles. The number of carboxylic acids is 1. The summed E-state index contributed by atoms with van der Waals surface area (Å²) < 4.78 is 95.1. The normalized spacial score (nSPS) is 10.6. The molecule has 3 aromatic rings. The number of carbonyl (C=O) groups excluding carboxylic acids is 3. The van der Waals surface area contributed by atoms with Crippen LogP contribution in [0.1, 0.15) is 57.1 Å². The van der Waals surface area contributed by atoms with Crippen LogP contribution < -0.4 is 78.9 Å². The molecular formula is C39H64Cl3N8Ni2O16S4-. The van der Waals surface area contributed by atoms with Crippen LogP contribution in [0.5, 0.6) is 0 Å². The van der Waals surface area contributed by atoms with Gasteiger partial charge in [-0.2, -0.15) is 75.0 Å². The second-order valence-corrected chi connectivity index (χ2v) is 20.9. The summed E-state index contributed by atoms with van der Waals surface area (Å²) >= 11 is 8.09. The molecule has 33 heteroatoms. The Kier molecular flexibility index (Phi) is 55.2. The second kappa shape index (κ2) is 50.2. The van der Waals surface area contributed by atoms with Crippen molar-refractivity contribution in [1.29, 1.82) is 0 Å². The van der Waals surface area contributed by atoms with E-state index in [2.05, 4.69) is 73.3 Å². The molecular weight excluding hydrogens is 1190 g/mol. The van der Waals surface area contributed by atoms with Gasteiger partial charge in [-0.25, -0.2) is 28.2 Å². The van der Waals surface area contributed by atoms with Gasteiger partial charge in [0.25, 0.3) is 0 Å². The third-order valence-corrected chi connectivity index (χ3v) is 11.2. The Labute approximate surface area is 464 Å². The molecule has 0 unspecified atom stereocenters. The fourth-order valence-corrected chi connectivity index (χ4v) is 7.68. The molecule has 0 aliphatic carbocycles. The van der Waals surface area contributed by atoms with Gasteiger partial charge in [0.2, 0.25) is 0 Å². The topological polar surface area (TPSA) is 433 Å². The number of hydrogen-bond donors (Lipinski definition) is 4. The summed E-state index contributed by atoms with van der Waals surface area (Å²) in [6, 6.07) is 20.5. The van der Waals surface area contributed by atoms with Crippen molar-refractivity contribution in [2.24, 2.45) is 11.5 Å². The van der Waals surface area contributed by atoms with Crippen molar-refractivity contribution in [1.82, 2.24) is 30.6 Å². The van der Waals surface area contributed by atoms with E-state index in [9.17, 15) is 37.5 Å². The minimum Gasteiger partial charge on any atom is -0.578 e. The molecule has 422 valence electrons. The Bertz CT molecular complexity index is 1590. The summed E-state index contributed by atoms with van der Waals surface area (Å²) in [6.45, 7) is 17.3. The SMILES string of the molecule is CC(=O)[O-].CCSCCN(CCSCC)Cc1cc(CN(CCSCC)CCSCC)[n-]n1.NC(=O)NCc1ccccc1.NC(=O)NCc1ccccc1.[Ni+2].[Ni].[O-][Cl+3]([O-])([O-])OO[Cl+3]([O-])([O-])[O-].[O-][Cl+3]([O-])([O-])[O-]. The van der Waals surface area contributed by atoms with Crippen LogP contribution >= 0.6 is 47.0 Å². The molecule has 24 nitrogen and oxygen atoms in total. The molecule has 0 radical (unpaired) electrons.